The molecular formula is C16H15F3N4. The molecule has 120 valence electrons. The highest BCUT2D eigenvalue weighted by Crippen LogP contribution is 2.31. The lowest BCUT2D eigenvalue weighted by atomic mass is 10.0. The smallest absolute Gasteiger partial charge is 0.378 e. The van der Waals surface area contributed by atoms with Gasteiger partial charge in [-0.05, 0) is 36.8 Å². The predicted octanol–water partition coefficient (Wildman–Crippen LogP) is 4.54. The molecule has 0 saturated carbocycles. The Bertz CT molecular complexity index is 793. The van der Waals surface area contributed by atoms with Gasteiger partial charge in [0.1, 0.15) is 11.0 Å². The second-order valence-corrected chi connectivity index (χ2v) is 5.22. The van der Waals surface area contributed by atoms with Crippen molar-refractivity contribution in [3.8, 4) is 0 Å². The van der Waals surface area contributed by atoms with Crippen molar-refractivity contribution in [3.05, 3.63) is 53.6 Å². The van der Waals surface area contributed by atoms with Crippen molar-refractivity contribution in [1.82, 2.24) is 15.4 Å². The number of alkyl halides is 3. The maximum atomic E-state index is 12.6. The van der Waals surface area contributed by atoms with Gasteiger partial charge >= 0.3 is 6.18 Å². The zero-order valence-electron chi connectivity index (χ0n) is 12.4. The van der Waals surface area contributed by atoms with Gasteiger partial charge in [-0.25, -0.2) is 0 Å². The molecule has 0 aliphatic rings. The van der Waals surface area contributed by atoms with E-state index in [9.17, 15) is 13.2 Å². The molecule has 0 amide bonds. The van der Waals surface area contributed by atoms with Crippen LogP contribution in [0.5, 0.6) is 0 Å². The van der Waals surface area contributed by atoms with Gasteiger partial charge in [0.2, 0.25) is 0 Å². The predicted molar refractivity (Wildman–Crippen MR) is 82.0 cm³/mol. The number of nitrogens with one attached hydrogen (secondary N) is 2. The third-order valence-corrected chi connectivity index (χ3v) is 3.71. The molecule has 0 aliphatic carbocycles. The van der Waals surface area contributed by atoms with Crippen LogP contribution >= 0.6 is 0 Å². The number of benzene rings is 2. The molecule has 0 bridgehead atoms. The van der Waals surface area contributed by atoms with Crippen LogP contribution in [-0.2, 0) is 6.18 Å². The number of hydrogen-bond donors (Lipinski definition) is 2. The van der Waals surface area contributed by atoms with Crippen LogP contribution in [0.15, 0.2) is 42.5 Å². The lowest BCUT2D eigenvalue weighted by molar-refractivity contribution is -0.137. The number of anilines is 1. The number of rotatable bonds is 4. The van der Waals surface area contributed by atoms with Crippen molar-refractivity contribution in [3.63, 3.8) is 0 Å². The third kappa shape index (κ3) is 3.13. The first kappa shape index (κ1) is 15.3. The molecule has 0 aliphatic heterocycles. The first-order chi connectivity index (χ1) is 11.0. The molecule has 0 saturated heterocycles. The summed E-state index contributed by atoms with van der Waals surface area (Å²) in [5.74, 6) is 0. The number of H-pyrrole nitrogens is 1. The van der Waals surface area contributed by atoms with Crippen LogP contribution in [0, 0.1) is 0 Å². The number of aromatic amines is 1. The molecule has 7 heteroatoms. The van der Waals surface area contributed by atoms with E-state index in [1.807, 2.05) is 25.1 Å². The Morgan fingerprint density at radius 2 is 1.83 bits per heavy atom. The fourth-order valence-electron chi connectivity index (χ4n) is 2.53. The van der Waals surface area contributed by atoms with Gasteiger partial charge < -0.3 is 5.32 Å². The Hall–Kier alpha value is -2.57. The SMILES string of the molecule is CCC(Nc1ccc(C(F)(F)F)cc1)c1cccc2n[nH]nc12. The van der Waals surface area contributed by atoms with Crippen LogP contribution in [0.1, 0.15) is 30.5 Å². The van der Waals surface area contributed by atoms with Crippen LogP contribution in [0.2, 0.25) is 0 Å². The van der Waals surface area contributed by atoms with Gasteiger partial charge in [0, 0.05) is 11.3 Å². The molecule has 23 heavy (non-hydrogen) atoms. The number of aromatic nitrogens is 3. The number of hydrogen-bond acceptors (Lipinski definition) is 3. The highest BCUT2D eigenvalue weighted by atomic mass is 19.4. The lowest BCUT2D eigenvalue weighted by Gasteiger charge is -2.19. The minimum Gasteiger partial charge on any atom is -0.378 e. The molecule has 1 heterocycles. The Morgan fingerprint density at radius 3 is 2.48 bits per heavy atom. The second-order valence-electron chi connectivity index (χ2n) is 5.22. The van der Waals surface area contributed by atoms with Crippen LogP contribution in [0.25, 0.3) is 11.0 Å². The Balaban J connectivity index is 1.86. The molecule has 1 atom stereocenters. The van der Waals surface area contributed by atoms with Crippen LogP contribution in [0.4, 0.5) is 18.9 Å². The number of para-hydroxylation sites is 1. The van der Waals surface area contributed by atoms with E-state index < -0.39 is 11.7 Å². The normalized spacial score (nSPS) is 13.2. The maximum Gasteiger partial charge on any atom is 0.416 e. The van der Waals surface area contributed by atoms with Gasteiger partial charge in [-0.3, -0.25) is 0 Å². The van der Waals surface area contributed by atoms with E-state index in [1.165, 1.54) is 12.1 Å². The first-order valence-corrected chi connectivity index (χ1v) is 7.22. The van der Waals surface area contributed by atoms with E-state index in [1.54, 1.807) is 0 Å². The molecule has 3 aromatic rings. The zero-order chi connectivity index (χ0) is 16.4. The summed E-state index contributed by atoms with van der Waals surface area (Å²) >= 11 is 0. The van der Waals surface area contributed by atoms with Gasteiger partial charge in [-0.1, -0.05) is 19.1 Å². The van der Waals surface area contributed by atoms with E-state index in [2.05, 4.69) is 20.7 Å². The van der Waals surface area contributed by atoms with Gasteiger partial charge in [-0.2, -0.15) is 28.6 Å². The summed E-state index contributed by atoms with van der Waals surface area (Å²) in [6.07, 6.45) is -3.57. The highest BCUT2D eigenvalue weighted by Gasteiger charge is 2.30. The molecule has 1 unspecified atom stereocenters. The van der Waals surface area contributed by atoms with Crippen molar-refractivity contribution in [1.29, 1.82) is 0 Å². The molecule has 0 spiro atoms. The van der Waals surface area contributed by atoms with Crippen molar-refractivity contribution >= 4 is 16.7 Å². The Morgan fingerprint density at radius 1 is 1.09 bits per heavy atom. The van der Waals surface area contributed by atoms with E-state index in [-0.39, 0.29) is 6.04 Å². The number of nitrogens with zero attached hydrogens (tertiary/aromatic N) is 2. The minimum atomic E-state index is -4.32. The van der Waals surface area contributed by atoms with Crippen LogP contribution in [-0.4, -0.2) is 15.4 Å². The molecule has 2 aromatic carbocycles. The summed E-state index contributed by atoms with van der Waals surface area (Å²) < 4.78 is 37.8. The molecule has 3 rings (SSSR count). The standard InChI is InChI=1S/C16H15F3N4/c1-2-13(12-4-3-5-14-15(12)22-23-21-14)20-11-8-6-10(7-9-11)16(17,18)19/h3-9,13,20H,2H2,1H3,(H,21,22,23). The average Bonchev–Trinajstić information content (AvgIpc) is 3.01. The minimum absolute atomic E-state index is 0.0689. The maximum absolute atomic E-state index is 12.6. The second kappa shape index (κ2) is 5.91. The molecule has 0 fully saturated rings. The van der Waals surface area contributed by atoms with E-state index in [0.717, 1.165) is 35.2 Å². The zero-order valence-corrected chi connectivity index (χ0v) is 12.4. The van der Waals surface area contributed by atoms with Gasteiger partial charge in [0.05, 0.1) is 11.6 Å². The topological polar surface area (TPSA) is 53.6 Å². The fourth-order valence-corrected chi connectivity index (χ4v) is 2.53. The molecular weight excluding hydrogens is 305 g/mol. The van der Waals surface area contributed by atoms with E-state index in [0.29, 0.717) is 5.69 Å². The Kier molecular flexibility index (Phi) is 3.94. The van der Waals surface area contributed by atoms with Gasteiger partial charge in [-0.15, -0.1) is 0 Å². The van der Waals surface area contributed by atoms with Crippen molar-refractivity contribution in [2.24, 2.45) is 0 Å². The number of fused-ring (bicyclic) bond motifs is 1. The molecule has 0 radical (unpaired) electrons. The van der Waals surface area contributed by atoms with E-state index >= 15 is 0 Å². The monoisotopic (exact) mass is 320 g/mol. The van der Waals surface area contributed by atoms with E-state index in [4.69, 9.17) is 0 Å². The highest BCUT2D eigenvalue weighted by molar-refractivity contribution is 5.78. The molecule has 1 aromatic heterocycles. The summed E-state index contributed by atoms with van der Waals surface area (Å²) in [6.45, 7) is 2.00. The summed E-state index contributed by atoms with van der Waals surface area (Å²) in [6, 6.07) is 10.6. The van der Waals surface area contributed by atoms with Gasteiger partial charge in [0.25, 0.3) is 0 Å². The van der Waals surface area contributed by atoms with Crippen LogP contribution in [0.3, 0.4) is 0 Å². The quantitative estimate of drug-likeness (QED) is 0.742. The Labute approximate surface area is 130 Å². The van der Waals surface area contributed by atoms with Crippen molar-refractivity contribution < 1.29 is 13.2 Å². The van der Waals surface area contributed by atoms with Crippen LogP contribution < -0.4 is 5.32 Å². The van der Waals surface area contributed by atoms with Gasteiger partial charge in [0.15, 0.2) is 0 Å². The molecule has 2 N–H and O–H groups in total. The average molecular weight is 320 g/mol. The third-order valence-electron chi connectivity index (χ3n) is 3.71. The largest absolute Gasteiger partial charge is 0.416 e. The fraction of sp³-hybridized carbons (Fsp3) is 0.250. The summed E-state index contributed by atoms with van der Waals surface area (Å²) in [5, 5.41) is 14.1. The lowest BCUT2D eigenvalue weighted by Crippen LogP contribution is -2.11. The number of halogens is 3. The first-order valence-electron chi connectivity index (χ1n) is 7.22. The molecule has 4 nitrogen and oxygen atoms in total. The van der Waals surface area contributed by atoms with Crippen molar-refractivity contribution in [2.45, 2.75) is 25.6 Å². The summed E-state index contributed by atoms with van der Waals surface area (Å²) in [4.78, 5) is 0. The van der Waals surface area contributed by atoms with Crippen molar-refractivity contribution in [2.75, 3.05) is 5.32 Å². The summed E-state index contributed by atoms with van der Waals surface area (Å²) in [5.41, 5.74) is 2.45. The summed E-state index contributed by atoms with van der Waals surface area (Å²) in [7, 11) is 0.